The summed E-state index contributed by atoms with van der Waals surface area (Å²) in [5.41, 5.74) is 1.79. The SMILES string of the molecule is CC(=O)c1ccc(C)cc1OC(=O)c1ccc2ccccc2c1. The summed E-state index contributed by atoms with van der Waals surface area (Å²) in [6, 6.07) is 18.4. The number of hydrogen-bond acceptors (Lipinski definition) is 3. The largest absolute Gasteiger partial charge is 0.422 e. The molecule has 0 aliphatic rings. The third kappa shape index (κ3) is 3.14. The fourth-order valence-electron chi connectivity index (χ4n) is 2.48. The number of Topliss-reactive ketones (excluding diaryl/α,β-unsaturated/α-hetero) is 1. The maximum atomic E-state index is 12.4. The molecule has 23 heavy (non-hydrogen) atoms. The molecule has 3 aromatic rings. The fourth-order valence-corrected chi connectivity index (χ4v) is 2.48. The van der Waals surface area contributed by atoms with Crippen molar-refractivity contribution < 1.29 is 14.3 Å². The Labute approximate surface area is 134 Å². The molecular formula is C20H16O3. The van der Waals surface area contributed by atoms with Crippen LogP contribution in [-0.2, 0) is 0 Å². The number of fused-ring (bicyclic) bond motifs is 1. The molecule has 0 aliphatic carbocycles. The number of hydrogen-bond donors (Lipinski definition) is 0. The van der Waals surface area contributed by atoms with E-state index >= 15 is 0 Å². The van der Waals surface area contributed by atoms with Gasteiger partial charge in [0.15, 0.2) is 5.78 Å². The quantitative estimate of drug-likeness (QED) is 0.404. The standard InChI is InChI=1S/C20H16O3/c1-13-7-10-18(14(2)21)19(11-13)23-20(22)17-9-8-15-5-3-4-6-16(15)12-17/h3-12H,1-2H3. The topological polar surface area (TPSA) is 43.4 Å². The van der Waals surface area contributed by atoms with E-state index in [9.17, 15) is 9.59 Å². The minimum Gasteiger partial charge on any atom is -0.422 e. The zero-order valence-electron chi connectivity index (χ0n) is 13.0. The van der Waals surface area contributed by atoms with Crippen LogP contribution in [0.3, 0.4) is 0 Å². The summed E-state index contributed by atoms with van der Waals surface area (Å²) in [5, 5.41) is 2.03. The van der Waals surface area contributed by atoms with Crippen LogP contribution >= 0.6 is 0 Å². The van der Waals surface area contributed by atoms with Gasteiger partial charge in [-0.2, -0.15) is 0 Å². The summed E-state index contributed by atoms with van der Waals surface area (Å²) in [4.78, 5) is 24.1. The fraction of sp³-hybridized carbons (Fsp3) is 0.100. The number of rotatable bonds is 3. The van der Waals surface area contributed by atoms with Gasteiger partial charge in [0.25, 0.3) is 0 Å². The van der Waals surface area contributed by atoms with E-state index in [2.05, 4.69) is 0 Å². The molecule has 3 aromatic carbocycles. The second kappa shape index (κ2) is 6.05. The van der Waals surface area contributed by atoms with Gasteiger partial charge in [-0.15, -0.1) is 0 Å². The molecule has 0 radical (unpaired) electrons. The molecule has 0 unspecified atom stereocenters. The van der Waals surface area contributed by atoms with E-state index in [0.29, 0.717) is 16.9 Å². The maximum Gasteiger partial charge on any atom is 0.343 e. The van der Waals surface area contributed by atoms with E-state index in [4.69, 9.17) is 4.74 Å². The Morgan fingerprint density at radius 3 is 2.35 bits per heavy atom. The minimum absolute atomic E-state index is 0.133. The van der Waals surface area contributed by atoms with E-state index in [0.717, 1.165) is 16.3 Å². The van der Waals surface area contributed by atoms with Crippen LogP contribution in [0.4, 0.5) is 0 Å². The predicted molar refractivity (Wildman–Crippen MR) is 90.1 cm³/mol. The van der Waals surface area contributed by atoms with Crippen LogP contribution in [0.1, 0.15) is 33.2 Å². The monoisotopic (exact) mass is 304 g/mol. The van der Waals surface area contributed by atoms with Crippen LogP contribution in [0.25, 0.3) is 10.8 Å². The number of benzene rings is 3. The third-order valence-electron chi connectivity index (χ3n) is 3.70. The van der Waals surface area contributed by atoms with Crippen LogP contribution in [0.15, 0.2) is 60.7 Å². The molecule has 0 aliphatic heterocycles. The van der Waals surface area contributed by atoms with Gasteiger partial charge in [-0.25, -0.2) is 4.79 Å². The molecule has 0 N–H and O–H groups in total. The van der Waals surface area contributed by atoms with Gasteiger partial charge in [-0.3, -0.25) is 4.79 Å². The maximum absolute atomic E-state index is 12.4. The van der Waals surface area contributed by atoms with Gasteiger partial charge >= 0.3 is 5.97 Å². The first-order valence-electron chi connectivity index (χ1n) is 7.37. The van der Waals surface area contributed by atoms with Gasteiger partial charge < -0.3 is 4.74 Å². The Hall–Kier alpha value is -2.94. The van der Waals surface area contributed by atoms with Crippen LogP contribution in [0.2, 0.25) is 0 Å². The smallest absolute Gasteiger partial charge is 0.343 e. The van der Waals surface area contributed by atoms with E-state index in [1.165, 1.54) is 6.92 Å². The molecular weight excluding hydrogens is 288 g/mol. The molecule has 0 spiro atoms. The first-order valence-corrected chi connectivity index (χ1v) is 7.37. The van der Waals surface area contributed by atoms with Crippen molar-refractivity contribution in [2.24, 2.45) is 0 Å². The van der Waals surface area contributed by atoms with Crippen LogP contribution in [0, 0.1) is 6.92 Å². The molecule has 0 aromatic heterocycles. The molecule has 0 saturated heterocycles. The Balaban J connectivity index is 1.94. The summed E-state index contributed by atoms with van der Waals surface area (Å²) in [6.45, 7) is 3.34. The molecule has 0 atom stereocenters. The predicted octanol–water partition coefficient (Wildman–Crippen LogP) is 4.57. The molecule has 3 rings (SSSR count). The summed E-state index contributed by atoms with van der Waals surface area (Å²) in [5.74, 6) is -0.300. The lowest BCUT2D eigenvalue weighted by molar-refractivity contribution is 0.0733. The first kappa shape index (κ1) is 15.0. The number of carbonyl (C=O) groups excluding carboxylic acids is 2. The first-order chi connectivity index (χ1) is 11.0. The van der Waals surface area contributed by atoms with Gasteiger partial charge in [-0.1, -0.05) is 36.4 Å². The number of carbonyl (C=O) groups is 2. The number of ketones is 1. The summed E-state index contributed by atoms with van der Waals surface area (Å²) in [7, 11) is 0. The Morgan fingerprint density at radius 1 is 0.870 bits per heavy atom. The van der Waals surface area contributed by atoms with Gasteiger partial charge in [-0.05, 0) is 54.4 Å². The van der Waals surface area contributed by atoms with E-state index in [-0.39, 0.29) is 5.78 Å². The van der Waals surface area contributed by atoms with Crippen molar-refractivity contribution >= 4 is 22.5 Å². The molecule has 0 fully saturated rings. The van der Waals surface area contributed by atoms with Crippen LogP contribution in [0.5, 0.6) is 5.75 Å². The van der Waals surface area contributed by atoms with Gasteiger partial charge in [0.05, 0.1) is 11.1 Å². The normalized spacial score (nSPS) is 10.5. The minimum atomic E-state index is -0.469. The molecule has 0 heterocycles. The highest BCUT2D eigenvalue weighted by Crippen LogP contribution is 2.23. The van der Waals surface area contributed by atoms with Crippen molar-refractivity contribution in [3.8, 4) is 5.75 Å². The Morgan fingerprint density at radius 2 is 1.61 bits per heavy atom. The van der Waals surface area contributed by atoms with Gasteiger partial charge in [0.1, 0.15) is 5.75 Å². The highest BCUT2D eigenvalue weighted by Gasteiger charge is 2.14. The third-order valence-corrected chi connectivity index (χ3v) is 3.70. The second-order valence-electron chi connectivity index (χ2n) is 5.51. The summed E-state index contributed by atoms with van der Waals surface area (Å²) >= 11 is 0. The zero-order valence-corrected chi connectivity index (χ0v) is 13.0. The molecule has 114 valence electrons. The molecule has 0 amide bonds. The van der Waals surface area contributed by atoms with Crippen molar-refractivity contribution in [3.05, 3.63) is 77.4 Å². The lowest BCUT2D eigenvalue weighted by Crippen LogP contribution is -2.11. The van der Waals surface area contributed by atoms with E-state index in [1.807, 2.05) is 43.3 Å². The Kier molecular flexibility index (Phi) is 3.94. The van der Waals surface area contributed by atoms with Crippen molar-refractivity contribution in [2.45, 2.75) is 13.8 Å². The lowest BCUT2D eigenvalue weighted by atomic mass is 10.1. The summed E-state index contributed by atoms with van der Waals surface area (Å²) in [6.07, 6.45) is 0. The molecule has 3 nitrogen and oxygen atoms in total. The average Bonchev–Trinajstić information content (AvgIpc) is 2.54. The van der Waals surface area contributed by atoms with Crippen molar-refractivity contribution in [3.63, 3.8) is 0 Å². The second-order valence-corrected chi connectivity index (χ2v) is 5.51. The zero-order chi connectivity index (χ0) is 16.4. The van der Waals surface area contributed by atoms with Crippen molar-refractivity contribution in [1.82, 2.24) is 0 Å². The summed E-state index contributed by atoms with van der Waals surface area (Å²) < 4.78 is 5.46. The van der Waals surface area contributed by atoms with Gasteiger partial charge in [0, 0.05) is 0 Å². The number of ether oxygens (including phenoxy) is 1. The highest BCUT2D eigenvalue weighted by atomic mass is 16.5. The number of aryl methyl sites for hydroxylation is 1. The van der Waals surface area contributed by atoms with Gasteiger partial charge in [0.2, 0.25) is 0 Å². The van der Waals surface area contributed by atoms with E-state index in [1.54, 1.807) is 24.3 Å². The Bertz CT molecular complexity index is 910. The van der Waals surface area contributed by atoms with Crippen LogP contribution < -0.4 is 4.74 Å². The van der Waals surface area contributed by atoms with Crippen molar-refractivity contribution in [1.29, 1.82) is 0 Å². The number of esters is 1. The van der Waals surface area contributed by atoms with E-state index < -0.39 is 5.97 Å². The average molecular weight is 304 g/mol. The highest BCUT2D eigenvalue weighted by molar-refractivity contribution is 6.00. The molecule has 0 bridgehead atoms. The van der Waals surface area contributed by atoms with Crippen LogP contribution in [-0.4, -0.2) is 11.8 Å². The molecule has 3 heteroatoms. The molecule has 0 saturated carbocycles. The van der Waals surface area contributed by atoms with Crippen molar-refractivity contribution in [2.75, 3.05) is 0 Å². The lowest BCUT2D eigenvalue weighted by Gasteiger charge is -2.09.